The number of para-hydroxylation sites is 1. The fraction of sp³-hybridized carbons (Fsp3) is 0.263. The molecule has 2 aromatic carbocycles. The van der Waals surface area contributed by atoms with Gasteiger partial charge in [0.25, 0.3) is 0 Å². The van der Waals surface area contributed by atoms with Crippen molar-refractivity contribution < 1.29 is 4.79 Å². The van der Waals surface area contributed by atoms with Crippen LogP contribution in [-0.2, 0) is 11.3 Å². The maximum atomic E-state index is 12.6. The summed E-state index contributed by atoms with van der Waals surface area (Å²) in [6.45, 7) is 6.40. The first-order valence-electron chi connectivity index (χ1n) is 8.38. The van der Waals surface area contributed by atoms with Gasteiger partial charge in [0, 0.05) is 5.69 Å². The van der Waals surface area contributed by atoms with E-state index in [1.807, 2.05) is 69.3 Å². The number of amides is 1. The second-order valence-corrected chi connectivity index (χ2v) is 7.43. The number of anilines is 1. The zero-order valence-corrected chi connectivity index (χ0v) is 15.8. The Bertz CT molecular complexity index is 874. The number of benzene rings is 2. The molecule has 6 nitrogen and oxygen atoms in total. The maximum absolute atomic E-state index is 12.6. The number of nitrogens with zero attached hydrogens (tertiary/aromatic N) is 4. The Kier molecular flexibility index (Phi) is 5.68. The molecule has 7 heteroatoms. The number of rotatable bonds is 6. The predicted molar refractivity (Wildman–Crippen MR) is 103 cm³/mol. The molecule has 3 rings (SSSR count). The average molecular weight is 367 g/mol. The van der Waals surface area contributed by atoms with Crippen LogP contribution in [0.1, 0.15) is 23.6 Å². The van der Waals surface area contributed by atoms with Gasteiger partial charge in [-0.2, -0.15) is 0 Å². The Balaban J connectivity index is 1.68. The molecule has 0 bridgehead atoms. The van der Waals surface area contributed by atoms with Crippen molar-refractivity contribution in [3.63, 3.8) is 0 Å². The number of hydrogen-bond donors (Lipinski definition) is 1. The topological polar surface area (TPSA) is 72.7 Å². The van der Waals surface area contributed by atoms with Crippen molar-refractivity contribution in [1.82, 2.24) is 20.2 Å². The Morgan fingerprint density at radius 1 is 1.12 bits per heavy atom. The van der Waals surface area contributed by atoms with Crippen molar-refractivity contribution in [1.29, 1.82) is 0 Å². The van der Waals surface area contributed by atoms with Gasteiger partial charge in [0.2, 0.25) is 11.1 Å². The van der Waals surface area contributed by atoms with Crippen LogP contribution in [0.5, 0.6) is 0 Å². The summed E-state index contributed by atoms with van der Waals surface area (Å²) < 4.78 is 1.71. The summed E-state index contributed by atoms with van der Waals surface area (Å²) in [5.41, 5.74) is 4.07. The standard InChI is InChI=1S/C19H21N5OS/c1-13-8-7-9-14(2)17(13)20-18(25)15(3)26-19-21-22-23-24(19)12-16-10-5-4-6-11-16/h4-11,15H,12H2,1-3H3,(H,20,25). The molecule has 0 saturated heterocycles. The second kappa shape index (κ2) is 8.14. The minimum Gasteiger partial charge on any atom is -0.325 e. The number of tetrazole rings is 1. The number of aryl methyl sites for hydroxylation is 2. The number of carbonyl (C=O) groups is 1. The summed E-state index contributed by atoms with van der Waals surface area (Å²) in [7, 11) is 0. The van der Waals surface area contributed by atoms with Crippen molar-refractivity contribution in [3.8, 4) is 0 Å². The van der Waals surface area contributed by atoms with Crippen molar-refractivity contribution in [2.75, 3.05) is 5.32 Å². The second-order valence-electron chi connectivity index (χ2n) is 6.12. The van der Waals surface area contributed by atoms with Gasteiger partial charge in [-0.25, -0.2) is 4.68 Å². The quantitative estimate of drug-likeness (QED) is 0.676. The summed E-state index contributed by atoms with van der Waals surface area (Å²) in [6, 6.07) is 15.9. The predicted octanol–water partition coefficient (Wildman–Crippen LogP) is 3.46. The van der Waals surface area contributed by atoms with Crippen LogP contribution in [0, 0.1) is 13.8 Å². The molecule has 1 heterocycles. The Hall–Kier alpha value is -2.67. The molecule has 1 amide bonds. The molecule has 0 aliphatic rings. The van der Waals surface area contributed by atoms with Crippen molar-refractivity contribution in [2.45, 2.75) is 37.7 Å². The third-order valence-corrected chi connectivity index (χ3v) is 5.13. The summed E-state index contributed by atoms with van der Waals surface area (Å²) in [5, 5.41) is 15.2. The van der Waals surface area contributed by atoms with Crippen molar-refractivity contribution >= 4 is 23.4 Å². The van der Waals surface area contributed by atoms with Crippen LogP contribution in [0.15, 0.2) is 53.7 Å². The molecule has 26 heavy (non-hydrogen) atoms. The van der Waals surface area contributed by atoms with Gasteiger partial charge in [-0.3, -0.25) is 4.79 Å². The van der Waals surface area contributed by atoms with E-state index in [4.69, 9.17) is 0 Å². The molecule has 0 spiro atoms. The van der Waals surface area contributed by atoms with E-state index in [1.165, 1.54) is 11.8 Å². The van der Waals surface area contributed by atoms with Gasteiger partial charge in [0.15, 0.2) is 0 Å². The summed E-state index contributed by atoms with van der Waals surface area (Å²) in [6.07, 6.45) is 0. The number of aromatic nitrogens is 4. The molecule has 1 aromatic heterocycles. The van der Waals surface area contributed by atoms with Crippen LogP contribution in [0.25, 0.3) is 0 Å². The van der Waals surface area contributed by atoms with E-state index in [-0.39, 0.29) is 11.2 Å². The lowest BCUT2D eigenvalue weighted by Crippen LogP contribution is -2.24. The van der Waals surface area contributed by atoms with Gasteiger partial charge in [0.1, 0.15) is 0 Å². The minimum absolute atomic E-state index is 0.0679. The summed E-state index contributed by atoms with van der Waals surface area (Å²) in [5.74, 6) is -0.0679. The van der Waals surface area contributed by atoms with E-state index in [9.17, 15) is 4.79 Å². The van der Waals surface area contributed by atoms with Crippen LogP contribution in [0.4, 0.5) is 5.69 Å². The lowest BCUT2D eigenvalue weighted by molar-refractivity contribution is -0.115. The van der Waals surface area contributed by atoms with Gasteiger partial charge in [0.05, 0.1) is 11.8 Å². The minimum atomic E-state index is -0.325. The van der Waals surface area contributed by atoms with Gasteiger partial charge in [-0.05, 0) is 47.9 Å². The molecule has 1 N–H and O–H groups in total. The number of nitrogens with one attached hydrogen (secondary N) is 1. The highest BCUT2D eigenvalue weighted by molar-refractivity contribution is 8.00. The van der Waals surface area contributed by atoms with Gasteiger partial charge in [-0.15, -0.1) is 5.10 Å². The highest BCUT2D eigenvalue weighted by Crippen LogP contribution is 2.24. The number of thioether (sulfide) groups is 1. The molecule has 0 fully saturated rings. The first-order valence-corrected chi connectivity index (χ1v) is 9.26. The molecular formula is C19H21N5OS. The van der Waals surface area contributed by atoms with Crippen molar-refractivity contribution in [3.05, 3.63) is 65.2 Å². The molecule has 1 atom stereocenters. The molecule has 1 unspecified atom stereocenters. The van der Waals surface area contributed by atoms with Gasteiger partial charge < -0.3 is 5.32 Å². The van der Waals surface area contributed by atoms with Crippen LogP contribution in [-0.4, -0.2) is 31.4 Å². The molecule has 134 valence electrons. The normalized spacial score (nSPS) is 12.0. The Morgan fingerprint density at radius 3 is 2.50 bits per heavy atom. The van der Waals surface area contributed by atoms with E-state index >= 15 is 0 Å². The van der Waals surface area contributed by atoms with Crippen LogP contribution in [0.3, 0.4) is 0 Å². The first kappa shape index (κ1) is 18.1. The number of hydrogen-bond acceptors (Lipinski definition) is 5. The highest BCUT2D eigenvalue weighted by atomic mass is 32.2. The molecular weight excluding hydrogens is 346 g/mol. The molecule has 0 radical (unpaired) electrons. The monoisotopic (exact) mass is 367 g/mol. The molecule has 0 saturated carbocycles. The van der Waals surface area contributed by atoms with Crippen LogP contribution < -0.4 is 5.32 Å². The molecule has 0 aliphatic carbocycles. The van der Waals surface area contributed by atoms with Crippen molar-refractivity contribution in [2.24, 2.45) is 0 Å². The average Bonchev–Trinajstić information content (AvgIpc) is 3.05. The van der Waals surface area contributed by atoms with Crippen LogP contribution >= 0.6 is 11.8 Å². The Labute approximate surface area is 157 Å². The van der Waals surface area contributed by atoms with E-state index in [0.29, 0.717) is 11.7 Å². The maximum Gasteiger partial charge on any atom is 0.237 e. The zero-order chi connectivity index (χ0) is 18.5. The van der Waals surface area contributed by atoms with Gasteiger partial charge >= 0.3 is 0 Å². The van der Waals surface area contributed by atoms with E-state index in [0.717, 1.165) is 22.4 Å². The first-order chi connectivity index (χ1) is 12.5. The van der Waals surface area contributed by atoms with Crippen LogP contribution in [0.2, 0.25) is 0 Å². The van der Waals surface area contributed by atoms with E-state index in [2.05, 4.69) is 20.8 Å². The molecule has 3 aromatic rings. The summed E-state index contributed by atoms with van der Waals surface area (Å²) >= 11 is 1.35. The lowest BCUT2D eigenvalue weighted by Gasteiger charge is -2.15. The third kappa shape index (κ3) is 4.29. The fourth-order valence-corrected chi connectivity index (χ4v) is 3.37. The highest BCUT2D eigenvalue weighted by Gasteiger charge is 2.20. The fourth-order valence-electron chi connectivity index (χ4n) is 2.58. The lowest BCUT2D eigenvalue weighted by atomic mass is 10.1. The SMILES string of the molecule is Cc1cccc(C)c1NC(=O)C(C)Sc1nnnn1Cc1ccccc1. The zero-order valence-electron chi connectivity index (χ0n) is 15.0. The third-order valence-electron chi connectivity index (χ3n) is 4.05. The summed E-state index contributed by atoms with van der Waals surface area (Å²) in [4.78, 5) is 12.6. The van der Waals surface area contributed by atoms with Gasteiger partial charge in [-0.1, -0.05) is 60.3 Å². The molecule has 0 aliphatic heterocycles. The smallest absolute Gasteiger partial charge is 0.237 e. The number of carbonyl (C=O) groups excluding carboxylic acids is 1. The largest absolute Gasteiger partial charge is 0.325 e. The Morgan fingerprint density at radius 2 is 1.81 bits per heavy atom. The van der Waals surface area contributed by atoms with E-state index < -0.39 is 0 Å². The van der Waals surface area contributed by atoms with E-state index in [1.54, 1.807) is 4.68 Å².